The van der Waals surface area contributed by atoms with Crippen LogP contribution in [0, 0.1) is 0 Å². The van der Waals surface area contributed by atoms with Crippen LogP contribution < -0.4 is 5.32 Å². The fourth-order valence-corrected chi connectivity index (χ4v) is 2.15. The molecule has 0 heterocycles. The van der Waals surface area contributed by atoms with Crippen LogP contribution in [0.4, 0.5) is 4.79 Å². The summed E-state index contributed by atoms with van der Waals surface area (Å²) in [5.74, 6) is 0. The Morgan fingerprint density at radius 2 is 2.00 bits per heavy atom. The topological polar surface area (TPSA) is 52.6 Å². The zero-order chi connectivity index (χ0) is 11.0. The molecule has 82 valence electrons. The van der Waals surface area contributed by atoms with Gasteiger partial charge in [-0.2, -0.15) is 0 Å². The van der Waals surface area contributed by atoms with Crippen molar-refractivity contribution in [2.24, 2.45) is 0 Å². The molecule has 0 radical (unpaired) electrons. The molecule has 1 aliphatic carbocycles. The van der Waals surface area contributed by atoms with Crippen molar-refractivity contribution in [2.45, 2.75) is 44.7 Å². The van der Waals surface area contributed by atoms with Crippen LogP contribution in [0.5, 0.6) is 0 Å². The highest BCUT2D eigenvalue weighted by molar-refractivity contribution is 5.68. The quantitative estimate of drug-likeness (QED) is 0.726. The first-order valence-electron chi connectivity index (χ1n) is 5.01. The molecule has 1 amide bonds. The van der Waals surface area contributed by atoms with Gasteiger partial charge in [-0.15, -0.1) is 0 Å². The van der Waals surface area contributed by atoms with Crippen molar-refractivity contribution in [3.8, 4) is 0 Å². The molecule has 0 aliphatic heterocycles. The molecule has 4 heteroatoms. The summed E-state index contributed by atoms with van der Waals surface area (Å²) in [5, 5.41) is 12.3. The summed E-state index contributed by atoms with van der Waals surface area (Å²) < 4.78 is 0. The summed E-state index contributed by atoms with van der Waals surface area (Å²) in [5.41, 5.74) is -0.474. The van der Waals surface area contributed by atoms with Crippen LogP contribution in [-0.4, -0.2) is 40.8 Å². The second-order valence-corrected chi connectivity index (χ2v) is 5.04. The van der Waals surface area contributed by atoms with Gasteiger partial charge in [0.15, 0.2) is 0 Å². The summed E-state index contributed by atoms with van der Waals surface area (Å²) in [6, 6.07) is 0. The van der Waals surface area contributed by atoms with E-state index < -0.39 is 6.09 Å². The third kappa shape index (κ3) is 2.00. The predicted molar refractivity (Wildman–Crippen MR) is 55.5 cm³/mol. The van der Waals surface area contributed by atoms with Gasteiger partial charge in [0.05, 0.1) is 5.54 Å². The Morgan fingerprint density at radius 1 is 1.50 bits per heavy atom. The second kappa shape index (κ2) is 3.42. The highest BCUT2D eigenvalue weighted by Crippen LogP contribution is 2.44. The van der Waals surface area contributed by atoms with Gasteiger partial charge in [0.2, 0.25) is 0 Å². The lowest BCUT2D eigenvalue weighted by molar-refractivity contribution is 0.0611. The number of hydrogen-bond acceptors (Lipinski definition) is 2. The molecule has 0 aromatic carbocycles. The third-order valence-electron chi connectivity index (χ3n) is 2.67. The van der Waals surface area contributed by atoms with Crippen LogP contribution >= 0.6 is 0 Å². The minimum absolute atomic E-state index is 0.154. The van der Waals surface area contributed by atoms with Gasteiger partial charge in [0.1, 0.15) is 0 Å². The number of carbonyl (C=O) groups is 1. The van der Waals surface area contributed by atoms with Crippen molar-refractivity contribution in [2.75, 3.05) is 13.6 Å². The fourth-order valence-electron chi connectivity index (χ4n) is 2.15. The van der Waals surface area contributed by atoms with Gasteiger partial charge in [0, 0.05) is 12.1 Å². The number of nitrogens with zero attached hydrogens (tertiary/aromatic N) is 1. The van der Waals surface area contributed by atoms with Gasteiger partial charge in [0.25, 0.3) is 0 Å². The minimum atomic E-state index is -0.815. The Kier molecular flexibility index (Phi) is 2.76. The number of hydrogen-bond donors (Lipinski definition) is 2. The molecule has 0 atom stereocenters. The van der Waals surface area contributed by atoms with Gasteiger partial charge in [-0.25, -0.2) is 4.79 Å². The molecular formula is C10H20N2O2. The van der Waals surface area contributed by atoms with E-state index in [9.17, 15) is 9.90 Å². The Balaban J connectivity index is 2.84. The summed E-state index contributed by atoms with van der Waals surface area (Å²) in [4.78, 5) is 12.8. The van der Waals surface area contributed by atoms with E-state index in [1.807, 2.05) is 27.8 Å². The fraction of sp³-hybridized carbons (Fsp3) is 0.900. The molecule has 0 aromatic heterocycles. The van der Waals surface area contributed by atoms with Gasteiger partial charge in [-0.05, 0) is 40.7 Å². The number of rotatable bonds is 3. The first-order valence-corrected chi connectivity index (χ1v) is 5.01. The zero-order valence-corrected chi connectivity index (χ0v) is 9.42. The minimum Gasteiger partial charge on any atom is -0.465 e. The molecule has 2 N–H and O–H groups in total. The molecule has 4 nitrogen and oxygen atoms in total. The molecule has 0 bridgehead atoms. The third-order valence-corrected chi connectivity index (χ3v) is 2.67. The maximum atomic E-state index is 11.2. The first-order chi connectivity index (χ1) is 6.33. The van der Waals surface area contributed by atoms with Crippen molar-refractivity contribution in [3.05, 3.63) is 0 Å². The number of nitrogens with one attached hydrogen (secondary N) is 1. The van der Waals surface area contributed by atoms with E-state index >= 15 is 0 Å². The lowest BCUT2D eigenvalue weighted by Gasteiger charge is -2.40. The first kappa shape index (κ1) is 11.3. The lowest BCUT2D eigenvalue weighted by Crippen LogP contribution is -2.55. The predicted octanol–water partition coefficient (Wildman–Crippen LogP) is 1.52. The largest absolute Gasteiger partial charge is 0.465 e. The maximum Gasteiger partial charge on any atom is 0.408 e. The molecule has 0 unspecified atom stereocenters. The van der Waals surface area contributed by atoms with E-state index in [0.717, 1.165) is 19.4 Å². The highest BCUT2D eigenvalue weighted by Gasteiger charge is 2.53. The Labute approximate surface area is 85.3 Å². The average Bonchev–Trinajstić information content (AvgIpc) is 2.65. The van der Waals surface area contributed by atoms with Gasteiger partial charge in [-0.3, -0.25) is 4.90 Å². The number of carboxylic acid groups (broad SMARTS) is 1. The summed E-state index contributed by atoms with van der Waals surface area (Å²) in [7, 11) is 1.86. The molecule has 0 aromatic rings. The summed E-state index contributed by atoms with van der Waals surface area (Å²) in [6.45, 7) is 6.57. The summed E-state index contributed by atoms with van der Waals surface area (Å²) >= 11 is 0. The van der Waals surface area contributed by atoms with E-state index in [0.29, 0.717) is 0 Å². The van der Waals surface area contributed by atoms with Crippen LogP contribution in [0.1, 0.15) is 33.6 Å². The van der Waals surface area contributed by atoms with Gasteiger partial charge >= 0.3 is 6.09 Å². The van der Waals surface area contributed by atoms with Crippen LogP contribution in [0.15, 0.2) is 0 Å². The molecule has 1 aliphatic rings. The van der Waals surface area contributed by atoms with Crippen LogP contribution in [0.25, 0.3) is 0 Å². The standard InChI is InChI=1S/C10H20N2O2/c1-9(2,3)12(8(13)14)10(5-6-10)7-11-4/h11H,5-7H2,1-4H3,(H,13,14). The second-order valence-electron chi connectivity index (χ2n) is 5.04. The Bertz CT molecular complexity index is 229. The van der Waals surface area contributed by atoms with Crippen LogP contribution in [0.3, 0.4) is 0 Å². The molecule has 0 spiro atoms. The van der Waals surface area contributed by atoms with Crippen molar-refractivity contribution in [3.63, 3.8) is 0 Å². The number of likely N-dealkylation sites (N-methyl/N-ethyl adjacent to an activating group) is 1. The molecule has 14 heavy (non-hydrogen) atoms. The Morgan fingerprint density at radius 3 is 2.21 bits per heavy atom. The molecule has 1 fully saturated rings. The molecular weight excluding hydrogens is 180 g/mol. The number of amides is 1. The Hall–Kier alpha value is -0.770. The van der Waals surface area contributed by atoms with E-state index in [4.69, 9.17) is 0 Å². The average molecular weight is 200 g/mol. The van der Waals surface area contributed by atoms with E-state index in [-0.39, 0.29) is 11.1 Å². The monoisotopic (exact) mass is 200 g/mol. The van der Waals surface area contributed by atoms with Crippen molar-refractivity contribution >= 4 is 6.09 Å². The SMILES string of the molecule is CNCC1(N(C(=O)O)C(C)(C)C)CC1. The smallest absolute Gasteiger partial charge is 0.408 e. The van der Waals surface area contributed by atoms with Gasteiger partial charge < -0.3 is 10.4 Å². The lowest BCUT2D eigenvalue weighted by atomic mass is 10.0. The maximum absolute atomic E-state index is 11.2. The van der Waals surface area contributed by atoms with E-state index in [2.05, 4.69) is 5.32 Å². The normalized spacial score (nSPS) is 19.1. The van der Waals surface area contributed by atoms with Crippen molar-refractivity contribution < 1.29 is 9.90 Å². The van der Waals surface area contributed by atoms with Crippen molar-refractivity contribution in [1.29, 1.82) is 0 Å². The van der Waals surface area contributed by atoms with E-state index in [1.165, 1.54) is 0 Å². The van der Waals surface area contributed by atoms with Crippen LogP contribution in [0.2, 0.25) is 0 Å². The molecule has 0 saturated heterocycles. The zero-order valence-electron chi connectivity index (χ0n) is 9.42. The van der Waals surface area contributed by atoms with Gasteiger partial charge in [-0.1, -0.05) is 0 Å². The van der Waals surface area contributed by atoms with E-state index in [1.54, 1.807) is 4.90 Å². The highest BCUT2D eigenvalue weighted by atomic mass is 16.4. The van der Waals surface area contributed by atoms with Crippen LogP contribution in [-0.2, 0) is 0 Å². The van der Waals surface area contributed by atoms with Crippen molar-refractivity contribution in [1.82, 2.24) is 10.2 Å². The molecule has 1 saturated carbocycles. The summed E-state index contributed by atoms with van der Waals surface area (Å²) in [6.07, 6.45) is 1.12. The molecule has 1 rings (SSSR count).